The number of amides is 1. The maximum Gasteiger partial charge on any atom is 0.576 e. The molecule has 2 aliphatic heterocycles. The molecular weight excluding hydrogens is 521 g/mol. The molecule has 13 heteroatoms. The molecule has 0 aliphatic carbocycles. The van der Waals surface area contributed by atoms with Gasteiger partial charge in [0.1, 0.15) is 12.1 Å². The van der Waals surface area contributed by atoms with Gasteiger partial charge in [0.2, 0.25) is 0 Å². The summed E-state index contributed by atoms with van der Waals surface area (Å²) in [5, 5.41) is 2.74. The number of carboxylic acids is 1. The van der Waals surface area contributed by atoms with Crippen LogP contribution in [-0.2, 0) is 39.6 Å². The van der Waals surface area contributed by atoms with Crippen LogP contribution in [0.3, 0.4) is 0 Å². The van der Waals surface area contributed by atoms with E-state index in [0.717, 1.165) is 12.7 Å². The summed E-state index contributed by atoms with van der Waals surface area (Å²) in [7, 11) is 1.13. The van der Waals surface area contributed by atoms with Crippen LogP contribution in [0.4, 0.5) is 0 Å². The highest BCUT2D eigenvalue weighted by atomic mass is 16.8. The number of esters is 1. The summed E-state index contributed by atoms with van der Waals surface area (Å²) in [4.78, 5) is 73.0. The molecule has 1 amide bonds. The molecule has 2 aromatic rings. The second-order valence-electron chi connectivity index (χ2n) is 10.6. The lowest BCUT2D eigenvalue weighted by Crippen LogP contribution is -2.71. The number of nitrogens with one attached hydrogen (secondary N) is 1. The van der Waals surface area contributed by atoms with Crippen molar-refractivity contribution in [2.75, 3.05) is 7.11 Å². The van der Waals surface area contributed by atoms with Crippen molar-refractivity contribution in [3.8, 4) is 0 Å². The van der Waals surface area contributed by atoms with Crippen LogP contribution < -0.4 is 5.32 Å². The van der Waals surface area contributed by atoms with Crippen LogP contribution in [0.2, 0.25) is 5.82 Å². The smallest absolute Gasteiger partial charge is 0.576 e. The molecule has 2 saturated heterocycles. The van der Waals surface area contributed by atoms with Gasteiger partial charge in [-0.3, -0.25) is 19.4 Å². The number of Topliss-reactive ketones (excluding diaryl/α,β-unsaturated/α-hetero) is 1. The fraction of sp³-hybridized carbons (Fsp3) is 0.444. The summed E-state index contributed by atoms with van der Waals surface area (Å²) in [6.45, 7) is 0.720. The SMILES string of the molecule is COC(=O)[C@]12CC(=O)O[B-]([C@@H](CC(=O)[C@H](Cc3ccccc3)NC(=O)c3cnccn3)CC(C)C)(O1)[OH+]C(=O)C2. The van der Waals surface area contributed by atoms with E-state index in [1.165, 1.54) is 18.6 Å². The molecule has 2 aliphatic rings. The third kappa shape index (κ3) is 6.36. The number of aliphatic carboxylic acids is 1. The van der Waals surface area contributed by atoms with Crippen LogP contribution in [0.5, 0.6) is 0 Å². The molecule has 2 fully saturated rings. The van der Waals surface area contributed by atoms with Gasteiger partial charge in [0.05, 0.1) is 25.8 Å². The first kappa shape index (κ1) is 28.9. The minimum absolute atomic E-state index is 0.0280. The first-order valence-electron chi connectivity index (χ1n) is 13.1. The van der Waals surface area contributed by atoms with Crippen LogP contribution in [0, 0.1) is 5.92 Å². The zero-order valence-corrected chi connectivity index (χ0v) is 22.6. The molecule has 40 heavy (non-hydrogen) atoms. The number of benzene rings is 1. The number of ether oxygens (including phenoxy) is 1. The van der Waals surface area contributed by atoms with Crippen molar-refractivity contribution in [2.45, 2.75) is 63.4 Å². The van der Waals surface area contributed by atoms with Crippen molar-refractivity contribution in [3.05, 3.63) is 60.2 Å². The molecule has 4 atom stereocenters. The highest BCUT2D eigenvalue weighted by Crippen LogP contribution is 2.45. The van der Waals surface area contributed by atoms with Gasteiger partial charge in [-0.1, -0.05) is 50.6 Å². The van der Waals surface area contributed by atoms with Crippen LogP contribution in [0.1, 0.15) is 55.6 Å². The van der Waals surface area contributed by atoms with Gasteiger partial charge in [0, 0.05) is 17.2 Å². The standard InChI is InChI=1S/C27H32BN3O9/c1-17(2)11-19(28-38-23(33)14-27(40-28,26(36)37-3)15-24(34)39-28)13-22(32)20(12-18-7-5-4-6-8-18)31-25(35)21-16-29-9-10-30-21/h4-10,16-17,19-20,38H,11-15H2,1-3H3,(H,31,35)/t19-,20+,27+,28?/m1/s1. The van der Waals surface area contributed by atoms with Gasteiger partial charge < -0.3 is 24.0 Å². The van der Waals surface area contributed by atoms with Crippen molar-refractivity contribution in [1.29, 1.82) is 0 Å². The second kappa shape index (κ2) is 11.9. The molecule has 0 spiro atoms. The predicted octanol–water partition coefficient (Wildman–Crippen LogP) is 1.47. The Kier molecular flexibility index (Phi) is 8.62. The molecule has 1 aromatic carbocycles. The van der Waals surface area contributed by atoms with Gasteiger partial charge in [-0.05, 0) is 30.1 Å². The Balaban J connectivity index is 1.65. The quantitative estimate of drug-likeness (QED) is 0.245. The molecule has 4 rings (SSSR count). The zero-order valence-electron chi connectivity index (χ0n) is 22.6. The number of aromatic nitrogens is 2. The zero-order chi connectivity index (χ0) is 28.9. The summed E-state index contributed by atoms with van der Waals surface area (Å²) in [6, 6.07) is 8.13. The Bertz CT molecular complexity index is 1250. The van der Waals surface area contributed by atoms with Gasteiger partial charge in [-0.15, -0.1) is 0 Å². The summed E-state index contributed by atoms with van der Waals surface area (Å²) in [5.74, 6) is -4.23. The predicted molar refractivity (Wildman–Crippen MR) is 140 cm³/mol. The van der Waals surface area contributed by atoms with E-state index in [9.17, 15) is 24.0 Å². The van der Waals surface area contributed by atoms with Crippen molar-refractivity contribution in [3.63, 3.8) is 0 Å². The number of methoxy groups -OCH3 is 1. The molecule has 12 nitrogen and oxygen atoms in total. The number of nitrogens with zero attached hydrogens (tertiary/aromatic N) is 2. The summed E-state index contributed by atoms with van der Waals surface area (Å²) in [5.41, 5.74) is -1.03. The molecule has 212 valence electrons. The van der Waals surface area contributed by atoms with Crippen LogP contribution in [0.15, 0.2) is 48.9 Å². The fourth-order valence-corrected chi connectivity index (χ4v) is 5.33. The van der Waals surface area contributed by atoms with Gasteiger partial charge in [0.25, 0.3) is 11.9 Å². The van der Waals surface area contributed by atoms with Gasteiger partial charge >= 0.3 is 18.7 Å². The largest absolute Gasteiger partial charge is 0.718 e. The second-order valence-corrected chi connectivity index (χ2v) is 10.6. The van der Waals surface area contributed by atoms with E-state index >= 15 is 0 Å². The maximum absolute atomic E-state index is 13.9. The van der Waals surface area contributed by atoms with E-state index in [-0.39, 0.29) is 30.9 Å². The Hall–Kier alpha value is -4.13. The van der Waals surface area contributed by atoms with E-state index in [1.807, 2.05) is 44.2 Å². The molecular formula is C27H32BN3O9. The first-order valence-corrected chi connectivity index (χ1v) is 13.1. The average Bonchev–Trinajstić information content (AvgIpc) is 2.91. The average molecular weight is 553 g/mol. The number of rotatable bonds is 11. The molecule has 1 unspecified atom stereocenters. The molecule has 0 radical (unpaired) electrons. The van der Waals surface area contributed by atoms with Crippen molar-refractivity contribution < 1.29 is 42.7 Å². The Morgan fingerprint density at radius 3 is 2.55 bits per heavy atom. The lowest BCUT2D eigenvalue weighted by Gasteiger charge is -2.55. The fourth-order valence-electron chi connectivity index (χ4n) is 5.33. The molecule has 2 bridgehead atoms. The number of carbonyl (C=O) groups excluding carboxylic acids is 4. The lowest BCUT2D eigenvalue weighted by atomic mass is 9.55. The van der Waals surface area contributed by atoms with E-state index < -0.39 is 66.7 Å². The van der Waals surface area contributed by atoms with E-state index in [0.29, 0.717) is 0 Å². The highest BCUT2D eigenvalue weighted by Gasteiger charge is 2.65. The molecule has 2 N–H and O–H groups in total. The highest BCUT2D eigenvalue weighted by molar-refractivity contribution is 6.66. The van der Waals surface area contributed by atoms with Gasteiger partial charge in [-0.2, -0.15) is 0 Å². The normalized spacial score (nSPS) is 23.4. The summed E-state index contributed by atoms with van der Waals surface area (Å²) < 4.78 is 20.7. The summed E-state index contributed by atoms with van der Waals surface area (Å²) >= 11 is 0. The van der Waals surface area contributed by atoms with E-state index in [4.69, 9.17) is 14.0 Å². The number of hydrogen-bond acceptors (Lipinski definition) is 10. The number of ketones is 1. The van der Waals surface area contributed by atoms with Crippen molar-refractivity contribution in [1.82, 2.24) is 15.3 Å². The number of hydrogen-bond donors (Lipinski definition) is 1. The number of carbonyl (C=O) groups is 5. The summed E-state index contributed by atoms with van der Waals surface area (Å²) in [6.07, 6.45) is 3.31. The lowest BCUT2D eigenvalue weighted by molar-refractivity contribution is -0.209. The number of fused-ring (bicyclic) bond motifs is 2. The third-order valence-corrected chi connectivity index (χ3v) is 7.05. The Morgan fingerprint density at radius 2 is 1.90 bits per heavy atom. The Morgan fingerprint density at radius 1 is 1.15 bits per heavy atom. The maximum atomic E-state index is 13.9. The van der Waals surface area contributed by atoms with Crippen molar-refractivity contribution in [2.24, 2.45) is 5.92 Å². The van der Waals surface area contributed by atoms with E-state index in [2.05, 4.69) is 19.9 Å². The minimum Gasteiger partial charge on any atom is -0.718 e. The van der Waals surface area contributed by atoms with Gasteiger partial charge in [-0.25, -0.2) is 9.78 Å². The van der Waals surface area contributed by atoms with E-state index in [1.54, 1.807) is 0 Å². The topological polar surface area (TPSA) is 164 Å². The third-order valence-electron chi connectivity index (χ3n) is 7.05. The van der Waals surface area contributed by atoms with Crippen LogP contribution in [0.25, 0.3) is 0 Å². The van der Waals surface area contributed by atoms with Gasteiger partial charge in [0.15, 0.2) is 11.4 Å². The first-order chi connectivity index (χ1) is 19.1. The minimum atomic E-state index is -3.07. The van der Waals surface area contributed by atoms with Crippen molar-refractivity contribution >= 4 is 36.4 Å². The van der Waals surface area contributed by atoms with Crippen LogP contribution >= 0.6 is 0 Å². The molecule has 1 aromatic heterocycles. The van der Waals surface area contributed by atoms with Crippen LogP contribution in [-0.4, -0.2) is 69.7 Å². The Labute approximate surface area is 231 Å². The molecule has 3 heterocycles. The molecule has 0 saturated carbocycles. The monoisotopic (exact) mass is 553 g/mol.